The standard InChI is InChI=1S/C35H48F3N3O6S/c1-26-21-31(45-3)22-27(2)33(26)48(43,44)41-16-5-4-11-30(41)24-46-25-32(42)40-17-12-34(13-18-40,47-20-19-39-14-6-7-15-39)28-9-8-10-29(23-28)35(36,37)38/h8-10,21-23,30H,4-7,11-20,24-25H2,1-3H3/t30-/m0/s1. The molecule has 1 amide bonds. The third-order valence-corrected chi connectivity index (χ3v) is 12.2. The molecule has 0 saturated carbocycles. The molecule has 3 fully saturated rings. The van der Waals surface area contributed by atoms with Crippen molar-refractivity contribution in [2.24, 2.45) is 0 Å². The maximum Gasteiger partial charge on any atom is 0.416 e. The number of rotatable bonds is 12. The first-order valence-electron chi connectivity index (χ1n) is 16.9. The van der Waals surface area contributed by atoms with Gasteiger partial charge in [0.05, 0.1) is 36.4 Å². The normalized spacial score (nSPS) is 21.0. The topological polar surface area (TPSA) is 88.6 Å². The molecular formula is C35H48F3N3O6S. The van der Waals surface area contributed by atoms with Gasteiger partial charge in [-0.05, 0) is 106 Å². The maximum atomic E-state index is 13.9. The lowest BCUT2D eigenvalue weighted by molar-refractivity contribution is -0.145. The number of nitrogens with zero attached hydrogens (tertiary/aromatic N) is 3. The highest BCUT2D eigenvalue weighted by molar-refractivity contribution is 7.89. The minimum absolute atomic E-state index is 0.0842. The van der Waals surface area contributed by atoms with Crippen molar-refractivity contribution in [2.45, 2.75) is 81.5 Å². The SMILES string of the molecule is COc1cc(C)c(S(=O)(=O)N2CCCC[C@H]2COCC(=O)N2CCC(OCCN3CCCC3)(c3cccc(C(F)(F)F)c3)CC2)c(C)c1. The van der Waals surface area contributed by atoms with Crippen LogP contribution in [0.15, 0.2) is 41.3 Å². The second-order valence-corrected chi connectivity index (χ2v) is 15.0. The van der Waals surface area contributed by atoms with E-state index in [2.05, 4.69) is 4.90 Å². The molecule has 3 heterocycles. The van der Waals surface area contributed by atoms with E-state index in [4.69, 9.17) is 14.2 Å². The van der Waals surface area contributed by atoms with Crippen LogP contribution in [0.4, 0.5) is 13.2 Å². The van der Waals surface area contributed by atoms with Crippen molar-refractivity contribution in [1.82, 2.24) is 14.1 Å². The summed E-state index contributed by atoms with van der Waals surface area (Å²) in [6.45, 7) is 7.47. The number of aryl methyl sites for hydroxylation is 2. The lowest BCUT2D eigenvalue weighted by atomic mass is 9.83. The monoisotopic (exact) mass is 695 g/mol. The van der Waals surface area contributed by atoms with Gasteiger partial charge in [-0.3, -0.25) is 4.79 Å². The Kier molecular flexibility index (Phi) is 11.8. The number of amides is 1. The number of hydrogen-bond donors (Lipinski definition) is 0. The van der Waals surface area contributed by atoms with Crippen LogP contribution in [0.2, 0.25) is 0 Å². The minimum Gasteiger partial charge on any atom is -0.497 e. The molecule has 9 nitrogen and oxygen atoms in total. The first kappa shape index (κ1) is 36.6. The number of alkyl halides is 3. The van der Waals surface area contributed by atoms with Crippen LogP contribution in [0.25, 0.3) is 0 Å². The Morgan fingerprint density at radius 3 is 2.27 bits per heavy atom. The Morgan fingerprint density at radius 2 is 1.62 bits per heavy atom. The molecule has 0 unspecified atom stereocenters. The molecule has 3 aliphatic heterocycles. The summed E-state index contributed by atoms with van der Waals surface area (Å²) in [5.41, 5.74) is 0.0403. The Bertz CT molecular complexity index is 1500. The molecule has 0 radical (unpaired) electrons. The zero-order valence-electron chi connectivity index (χ0n) is 28.2. The first-order valence-corrected chi connectivity index (χ1v) is 18.3. The number of hydrogen-bond acceptors (Lipinski definition) is 7. The summed E-state index contributed by atoms with van der Waals surface area (Å²) in [5, 5.41) is 0. The minimum atomic E-state index is -4.47. The summed E-state index contributed by atoms with van der Waals surface area (Å²) in [6, 6.07) is 8.37. The molecule has 0 aliphatic carbocycles. The second kappa shape index (κ2) is 15.5. The van der Waals surface area contributed by atoms with Crippen molar-refractivity contribution in [3.05, 3.63) is 58.7 Å². The largest absolute Gasteiger partial charge is 0.497 e. The summed E-state index contributed by atoms with van der Waals surface area (Å²) in [7, 11) is -2.27. The van der Waals surface area contributed by atoms with Gasteiger partial charge in [-0.1, -0.05) is 18.6 Å². The van der Waals surface area contributed by atoms with Crippen molar-refractivity contribution in [3.63, 3.8) is 0 Å². The average molecular weight is 696 g/mol. The van der Waals surface area contributed by atoms with Gasteiger partial charge in [-0.25, -0.2) is 8.42 Å². The molecule has 0 N–H and O–H groups in total. The second-order valence-electron chi connectivity index (χ2n) is 13.2. The fourth-order valence-electron chi connectivity index (χ4n) is 7.37. The van der Waals surface area contributed by atoms with Gasteiger partial charge in [-0.15, -0.1) is 0 Å². The van der Waals surface area contributed by atoms with Crippen LogP contribution >= 0.6 is 0 Å². The predicted octanol–water partition coefficient (Wildman–Crippen LogP) is 5.52. The number of ether oxygens (including phenoxy) is 3. The lowest BCUT2D eigenvalue weighted by Crippen LogP contribution is -2.49. The number of carbonyl (C=O) groups is 1. The number of carbonyl (C=O) groups excluding carboxylic acids is 1. The summed E-state index contributed by atoms with van der Waals surface area (Å²) >= 11 is 0. The van der Waals surface area contributed by atoms with Gasteiger partial charge in [0.1, 0.15) is 12.4 Å². The molecule has 48 heavy (non-hydrogen) atoms. The van der Waals surface area contributed by atoms with E-state index in [1.807, 2.05) is 0 Å². The smallest absolute Gasteiger partial charge is 0.416 e. The van der Waals surface area contributed by atoms with E-state index in [0.29, 0.717) is 74.5 Å². The van der Waals surface area contributed by atoms with Crippen molar-refractivity contribution < 1.29 is 40.6 Å². The van der Waals surface area contributed by atoms with Crippen LogP contribution in [-0.4, -0.2) is 101 Å². The number of benzene rings is 2. The molecule has 13 heteroatoms. The Morgan fingerprint density at radius 1 is 0.958 bits per heavy atom. The molecule has 2 aromatic carbocycles. The van der Waals surface area contributed by atoms with Gasteiger partial charge in [0.2, 0.25) is 15.9 Å². The molecule has 2 aromatic rings. The molecule has 1 atom stereocenters. The Labute approximate surface area is 282 Å². The van der Waals surface area contributed by atoms with Gasteiger partial charge in [0, 0.05) is 32.2 Å². The van der Waals surface area contributed by atoms with Gasteiger partial charge >= 0.3 is 6.18 Å². The van der Waals surface area contributed by atoms with Crippen LogP contribution in [0.5, 0.6) is 5.75 Å². The van der Waals surface area contributed by atoms with Gasteiger partial charge in [0.15, 0.2) is 0 Å². The zero-order chi connectivity index (χ0) is 34.5. The van der Waals surface area contributed by atoms with Crippen LogP contribution < -0.4 is 4.74 Å². The zero-order valence-corrected chi connectivity index (χ0v) is 29.0. The van der Waals surface area contributed by atoms with E-state index in [-0.39, 0.29) is 24.0 Å². The fraction of sp³-hybridized carbons (Fsp3) is 0.629. The van der Waals surface area contributed by atoms with E-state index in [9.17, 15) is 26.4 Å². The van der Waals surface area contributed by atoms with Crippen molar-refractivity contribution >= 4 is 15.9 Å². The summed E-state index contributed by atoms with van der Waals surface area (Å²) in [6.07, 6.45) is 0.730. The molecule has 0 bridgehead atoms. The molecular weight excluding hydrogens is 647 g/mol. The van der Waals surface area contributed by atoms with E-state index in [1.54, 1.807) is 44.1 Å². The quantitative estimate of drug-likeness (QED) is 0.289. The highest BCUT2D eigenvalue weighted by Crippen LogP contribution is 2.40. The van der Waals surface area contributed by atoms with E-state index in [0.717, 1.165) is 44.8 Å². The number of piperidine rings is 2. The Balaban J connectivity index is 1.21. The highest BCUT2D eigenvalue weighted by atomic mass is 32.2. The summed E-state index contributed by atoms with van der Waals surface area (Å²) in [5.74, 6) is 0.358. The molecule has 3 saturated heterocycles. The van der Waals surface area contributed by atoms with Crippen molar-refractivity contribution in [1.29, 1.82) is 0 Å². The number of halogens is 3. The van der Waals surface area contributed by atoms with Crippen LogP contribution in [-0.2, 0) is 36.1 Å². The summed E-state index contributed by atoms with van der Waals surface area (Å²) < 4.78 is 87.7. The molecule has 0 spiro atoms. The molecule has 0 aromatic heterocycles. The van der Waals surface area contributed by atoms with Crippen LogP contribution in [0.3, 0.4) is 0 Å². The average Bonchev–Trinajstić information content (AvgIpc) is 3.58. The number of likely N-dealkylation sites (tertiary alicyclic amines) is 2. The first-order chi connectivity index (χ1) is 22.8. The number of sulfonamides is 1. The van der Waals surface area contributed by atoms with Gasteiger partial charge in [0.25, 0.3) is 0 Å². The molecule has 3 aliphatic rings. The van der Waals surface area contributed by atoms with Gasteiger partial charge < -0.3 is 24.0 Å². The van der Waals surface area contributed by atoms with E-state index in [1.165, 1.54) is 16.4 Å². The van der Waals surface area contributed by atoms with Crippen molar-refractivity contribution in [2.75, 3.05) is 66.2 Å². The molecule has 5 rings (SSSR count). The van der Waals surface area contributed by atoms with E-state index >= 15 is 0 Å². The van der Waals surface area contributed by atoms with Crippen molar-refractivity contribution in [3.8, 4) is 5.75 Å². The number of methoxy groups -OCH3 is 1. The van der Waals surface area contributed by atoms with Crippen LogP contribution in [0.1, 0.15) is 67.2 Å². The maximum absolute atomic E-state index is 13.9. The van der Waals surface area contributed by atoms with Crippen LogP contribution in [0, 0.1) is 13.8 Å². The fourth-order valence-corrected chi connectivity index (χ4v) is 9.47. The van der Waals surface area contributed by atoms with E-state index < -0.39 is 33.4 Å². The Hall–Kier alpha value is -2.71. The lowest BCUT2D eigenvalue weighted by Gasteiger charge is -2.42. The highest BCUT2D eigenvalue weighted by Gasteiger charge is 2.41. The third kappa shape index (κ3) is 8.35. The predicted molar refractivity (Wildman–Crippen MR) is 175 cm³/mol. The summed E-state index contributed by atoms with van der Waals surface area (Å²) in [4.78, 5) is 17.5. The third-order valence-electron chi connectivity index (χ3n) is 9.97. The molecule has 266 valence electrons. The van der Waals surface area contributed by atoms with Gasteiger partial charge in [-0.2, -0.15) is 17.5 Å².